The Hall–Kier alpha value is -2.82. The van der Waals surface area contributed by atoms with Crippen molar-refractivity contribution in [3.8, 4) is 5.75 Å². The molecule has 0 radical (unpaired) electrons. The Morgan fingerprint density at radius 1 is 0.880 bits per heavy atom. The monoisotopic (exact) mass is 341 g/mol. The molecular formula is C20H23NO4. The molecule has 0 aliphatic carbocycles. The van der Waals surface area contributed by atoms with Crippen LogP contribution >= 0.6 is 0 Å². The molecule has 0 unspecified atom stereocenters. The highest BCUT2D eigenvalue weighted by atomic mass is 16.6. The molecular weight excluding hydrogens is 318 g/mol. The third kappa shape index (κ3) is 5.64. The fraction of sp³-hybridized carbons (Fsp3) is 0.300. The quantitative estimate of drug-likeness (QED) is 0.817. The smallest absolute Gasteiger partial charge is 0.344 e. The zero-order valence-electron chi connectivity index (χ0n) is 15.0. The Morgan fingerprint density at radius 3 is 2.24 bits per heavy atom. The molecule has 1 N–H and O–H groups in total. The summed E-state index contributed by atoms with van der Waals surface area (Å²) in [5, 5.41) is 2.74. The third-order valence-corrected chi connectivity index (χ3v) is 3.72. The van der Waals surface area contributed by atoms with Gasteiger partial charge in [0, 0.05) is 5.69 Å². The zero-order chi connectivity index (χ0) is 18.4. The molecule has 2 aromatic carbocycles. The highest BCUT2D eigenvalue weighted by Crippen LogP contribution is 2.19. The number of esters is 1. The van der Waals surface area contributed by atoms with E-state index in [-0.39, 0.29) is 19.1 Å². The minimum absolute atomic E-state index is 0.235. The summed E-state index contributed by atoms with van der Waals surface area (Å²) in [5.74, 6) is -0.331. The van der Waals surface area contributed by atoms with E-state index in [9.17, 15) is 9.59 Å². The molecule has 5 heteroatoms. The number of carbonyl (C=O) groups is 2. The topological polar surface area (TPSA) is 64.6 Å². The van der Waals surface area contributed by atoms with E-state index in [2.05, 4.69) is 5.32 Å². The Labute approximate surface area is 148 Å². The van der Waals surface area contributed by atoms with Crippen molar-refractivity contribution in [1.29, 1.82) is 0 Å². The predicted molar refractivity (Wildman–Crippen MR) is 96.9 cm³/mol. The van der Waals surface area contributed by atoms with Crippen molar-refractivity contribution >= 4 is 17.6 Å². The Kier molecular flexibility index (Phi) is 6.17. The number of ether oxygens (including phenoxy) is 2. The number of rotatable bonds is 6. The largest absolute Gasteiger partial charge is 0.482 e. The molecule has 0 aliphatic heterocycles. The molecule has 0 bridgehead atoms. The normalized spacial score (nSPS) is 10.2. The number of benzene rings is 2. The summed E-state index contributed by atoms with van der Waals surface area (Å²) in [6, 6.07) is 11.5. The molecule has 0 atom stereocenters. The van der Waals surface area contributed by atoms with Crippen LogP contribution in [0, 0.1) is 27.7 Å². The summed E-state index contributed by atoms with van der Waals surface area (Å²) in [6.45, 7) is 7.11. The van der Waals surface area contributed by atoms with E-state index in [1.165, 1.54) is 0 Å². The van der Waals surface area contributed by atoms with Crippen LogP contribution < -0.4 is 10.1 Å². The first kappa shape index (κ1) is 18.5. The average Bonchev–Trinajstić information content (AvgIpc) is 2.57. The molecule has 2 aromatic rings. The molecule has 0 heterocycles. The van der Waals surface area contributed by atoms with Crippen LogP contribution in [-0.4, -0.2) is 25.1 Å². The second-order valence-corrected chi connectivity index (χ2v) is 6.08. The highest BCUT2D eigenvalue weighted by Gasteiger charge is 2.11. The lowest BCUT2D eigenvalue weighted by Crippen LogP contribution is -2.24. The van der Waals surface area contributed by atoms with E-state index in [1.54, 1.807) is 0 Å². The van der Waals surface area contributed by atoms with Gasteiger partial charge in [0.1, 0.15) is 5.75 Å². The minimum Gasteiger partial charge on any atom is -0.482 e. The first-order valence-electron chi connectivity index (χ1n) is 8.08. The summed E-state index contributed by atoms with van der Waals surface area (Å²) < 4.78 is 10.4. The van der Waals surface area contributed by atoms with Gasteiger partial charge in [0.05, 0.1) is 0 Å². The second kappa shape index (κ2) is 8.33. The van der Waals surface area contributed by atoms with E-state index in [4.69, 9.17) is 9.47 Å². The molecule has 0 fully saturated rings. The number of carbonyl (C=O) groups excluding carboxylic acids is 2. The molecule has 5 nitrogen and oxygen atoms in total. The van der Waals surface area contributed by atoms with Crippen molar-refractivity contribution in [2.45, 2.75) is 27.7 Å². The molecule has 0 aromatic heterocycles. The fourth-order valence-corrected chi connectivity index (χ4v) is 2.24. The van der Waals surface area contributed by atoms with Crippen molar-refractivity contribution in [1.82, 2.24) is 0 Å². The zero-order valence-corrected chi connectivity index (χ0v) is 15.0. The van der Waals surface area contributed by atoms with Crippen LogP contribution in [0.5, 0.6) is 5.75 Å². The molecule has 1 amide bonds. The molecule has 25 heavy (non-hydrogen) atoms. The van der Waals surface area contributed by atoms with E-state index in [0.717, 1.165) is 22.3 Å². The SMILES string of the molecule is Cc1ccc(C)c(NC(=O)COC(=O)COc2cc(C)ccc2C)c1. The number of amides is 1. The second-order valence-electron chi connectivity index (χ2n) is 6.08. The summed E-state index contributed by atoms with van der Waals surface area (Å²) in [5.41, 5.74) is 4.68. The maximum Gasteiger partial charge on any atom is 0.344 e. The molecule has 0 saturated carbocycles. The van der Waals surface area contributed by atoms with E-state index in [0.29, 0.717) is 11.4 Å². The number of hydrogen-bond donors (Lipinski definition) is 1. The highest BCUT2D eigenvalue weighted by molar-refractivity contribution is 5.93. The number of aryl methyl sites for hydroxylation is 4. The third-order valence-electron chi connectivity index (χ3n) is 3.72. The first-order chi connectivity index (χ1) is 11.8. The summed E-state index contributed by atoms with van der Waals surface area (Å²) >= 11 is 0. The van der Waals surface area contributed by atoms with Gasteiger partial charge in [-0.25, -0.2) is 4.79 Å². The summed E-state index contributed by atoms with van der Waals surface area (Å²) in [7, 11) is 0. The van der Waals surface area contributed by atoms with Gasteiger partial charge in [0.2, 0.25) is 0 Å². The Bertz CT molecular complexity index is 783. The minimum atomic E-state index is -0.586. The Balaban J connectivity index is 1.80. The van der Waals surface area contributed by atoms with Crippen molar-refractivity contribution in [3.05, 3.63) is 58.7 Å². The van der Waals surface area contributed by atoms with Gasteiger partial charge in [-0.05, 0) is 62.1 Å². The van der Waals surface area contributed by atoms with Crippen LogP contribution in [0.15, 0.2) is 36.4 Å². The van der Waals surface area contributed by atoms with E-state index < -0.39 is 5.97 Å². The van der Waals surface area contributed by atoms with Crippen molar-refractivity contribution in [3.63, 3.8) is 0 Å². The van der Waals surface area contributed by atoms with Crippen LogP contribution in [0.3, 0.4) is 0 Å². The number of nitrogens with one attached hydrogen (secondary N) is 1. The van der Waals surface area contributed by atoms with Crippen LogP contribution in [-0.2, 0) is 14.3 Å². The predicted octanol–water partition coefficient (Wildman–Crippen LogP) is 3.48. The van der Waals surface area contributed by atoms with Crippen LogP contribution in [0.25, 0.3) is 0 Å². The van der Waals surface area contributed by atoms with Crippen LogP contribution in [0.2, 0.25) is 0 Å². The van der Waals surface area contributed by atoms with Crippen molar-refractivity contribution < 1.29 is 19.1 Å². The average molecular weight is 341 g/mol. The lowest BCUT2D eigenvalue weighted by Gasteiger charge is -2.11. The molecule has 0 spiro atoms. The van der Waals surface area contributed by atoms with Gasteiger partial charge in [-0.15, -0.1) is 0 Å². The fourth-order valence-electron chi connectivity index (χ4n) is 2.24. The van der Waals surface area contributed by atoms with Gasteiger partial charge in [0.25, 0.3) is 5.91 Å². The molecule has 0 saturated heterocycles. The first-order valence-corrected chi connectivity index (χ1v) is 8.08. The molecule has 2 rings (SSSR count). The van der Waals surface area contributed by atoms with Gasteiger partial charge < -0.3 is 14.8 Å². The van der Waals surface area contributed by atoms with E-state index in [1.807, 2.05) is 64.1 Å². The maximum absolute atomic E-state index is 11.9. The maximum atomic E-state index is 11.9. The van der Waals surface area contributed by atoms with Crippen LogP contribution in [0.4, 0.5) is 5.69 Å². The number of anilines is 1. The summed E-state index contributed by atoms with van der Waals surface area (Å²) in [6.07, 6.45) is 0. The van der Waals surface area contributed by atoms with Gasteiger partial charge in [-0.3, -0.25) is 4.79 Å². The standard InChI is InChI=1S/C20H23NO4/c1-13-5-7-15(3)17(9-13)21-19(22)11-25-20(23)12-24-18-10-14(2)6-8-16(18)4/h5-10H,11-12H2,1-4H3,(H,21,22). The Morgan fingerprint density at radius 2 is 1.52 bits per heavy atom. The summed E-state index contributed by atoms with van der Waals surface area (Å²) in [4.78, 5) is 23.7. The van der Waals surface area contributed by atoms with Gasteiger partial charge in [0.15, 0.2) is 13.2 Å². The lowest BCUT2D eigenvalue weighted by atomic mass is 10.1. The van der Waals surface area contributed by atoms with Crippen LogP contribution in [0.1, 0.15) is 22.3 Å². The van der Waals surface area contributed by atoms with Gasteiger partial charge in [-0.1, -0.05) is 24.3 Å². The van der Waals surface area contributed by atoms with Crippen molar-refractivity contribution in [2.75, 3.05) is 18.5 Å². The molecule has 0 aliphatic rings. The van der Waals surface area contributed by atoms with Crippen molar-refractivity contribution in [2.24, 2.45) is 0 Å². The van der Waals surface area contributed by atoms with Gasteiger partial charge in [-0.2, -0.15) is 0 Å². The van der Waals surface area contributed by atoms with Gasteiger partial charge >= 0.3 is 5.97 Å². The van der Waals surface area contributed by atoms with E-state index >= 15 is 0 Å². The lowest BCUT2D eigenvalue weighted by molar-refractivity contribution is -0.149. The molecule has 132 valence electrons. The number of hydrogen-bond acceptors (Lipinski definition) is 4.